The summed E-state index contributed by atoms with van der Waals surface area (Å²) in [6.07, 6.45) is 4.55. The first-order valence-electron chi connectivity index (χ1n) is 9.77. The average Bonchev–Trinajstić information content (AvgIpc) is 3.35. The Balaban J connectivity index is 1.54. The van der Waals surface area contributed by atoms with Crippen LogP contribution in [-0.2, 0) is 14.3 Å². The van der Waals surface area contributed by atoms with Gasteiger partial charge in [-0.2, -0.15) is 0 Å². The molecule has 3 heterocycles. The third-order valence-electron chi connectivity index (χ3n) is 5.86. The zero-order chi connectivity index (χ0) is 20.2. The van der Waals surface area contributed by atoms with E-state index in [1.807, 2.05) is 63.4 Å². The van der Waals surface area contributed by atoms with Crippen LogP contribution in [0.3, 0.4) is 0 Å². The Kier molecular flexibility index (Phi) is 4.01. The van der Waals surface area contributed by atoms with Gasteiger partial charge in [0.2, 0.25) is 5.88 Å². The number of aromatic nitrogens is 3. The number of benzene rings is 1. The molecule has 29 heavy (non-hydrogen) atoms. The number of nitrogens with zero attached hydrogens (tertiary/aromatic N) is 3. The number of hydrogen-bond acceptors (Lipinski definition) is 6. The van der Waals surface area contributed by atoms with Gasteiger partial charge in [-0.3, -0.25) is 0 Å². The molecule has 0 unspecified atom stereocenters. The fourth-order valence-corrected chi connectivity index (χ4v) is 4.53. The minimum atomic E-state index is -0.724. The lowest BCUT2D eigenvalue weighted by Crippen LogP contribution is -2.34. The molecular weight excluding hydrogens is 370 g/mol. The molecule has 1 aromatic carbocycles. The van der Waals surface area contributed by atoms with Gasteiger partial charge in [-0.25, -0.2) is 9.97 Å². The zero-order valence-corrected chi connectivity index (χ0v) is 16.6. The minimum Gasteiger partial charge on any atom is -0.438 e. The van der Waals surface area contributed by atoms with Gasteiger partial charge >= 0.3 is 0 Å². The average molecular weight is 393 g/mol. The van der Waals surface area contributed by atoms with E-state index < -0.39 is 11.2 Å². The minimum absolute atomic E-state index is 0.0750. The number of hydrogen-bond donors (Lipinski definition) is 0. The standard InChI is InChI=1S/C22H23N3O4/c1-21(2)28-17-16(11-22(3,12-26)18(17)29-21)25-10-9-15-19(25)23-13-24-20(15)27-14-7-5-4-6-8-14/h4-10,12-13,16-18H,11H2,1-3H3/t16-,17+,18+,22+/m1/s1. The molecule has 150 valence electrons. The van der Waals surface area contributed by atoms with E-state index in [0.29, 0.717) is 18.1 Å². The lowest BCUT2D eigenvalue weighted by molar-refractivity contribution is -0.168. The predicted molar refractivity (Wildman–Crippen MR) is 106 cm³/mol. The number of carbonyl (C=O) groups excluding carboxylic acids is 1. The summed E-state index contributed by atoms with van der Waals surface area (Å²) in [6, 6.07) is 11.4. The molecule has 0 amide bonds. The Morgan fingerprint density at radius 1 is 1.14 bits per heavy atom. The SMILES string of the molecule is CC1(C)O[C@H]2[C@H](n3ccc4c(Oc5ccccc5)ncnc43)C[C@@](C)(C=O)[C@H]2O1. The van der Waals surface area contributed by atoms with Crippen LogP contribution in [0, 0.1) is 5.41 Å². The molecule has 4 atom stereocenters. The van der Waals surface area contributed by atoms with E-state index in [-0.39, 0.29) is 18.2 Å². The second kappa shape index (κ2) is 6.37. The van der Waals surface area contributed by atoms with Crippen molar-refractivity contribution in [1.29, 1.82) is 0 Å². The maximum absolute atomic E-state index is 11.9. The van der Waals surface area contributed by atoms with Crippen molar-refractivity contribution in [2.75, 3.05) is 0 Å². The maximum Gasteiger partial charge on any atom is 0.231 e. The van der Waals surface area contributed by atoms with Crippen molar-refractivity contribution >= 4 is 17.3 Å². The van der Waals surface area contributed by atoms with Gasteiger partial charge < -0.3 is 23.6 Å². The van der Waals surface area contributed by atoms with Gasteiger partial charge in [-0.05, 0) is 38.5 Å². The van der Waals surface area contributed by atoms with Crippen molar-refractivity contribution in [3.05, 3.63) is 48.9 Å². The van der Waals surface area contributed by atoms with Crippen molar-refractivity contribution in [2.24, 2.45) is 5.41 Å². The fourth-order valence-electron chi connectivity index (χ4n) is 4.53. The largest absolute Gasteiger partial charge is 0.438 e. The molecule has 1 aliphatic heterocycles. The Bertz CT molecular complexity index is 1060. The summed E-state index contributed by atoms with van der Waals surface area (Å²) in [5.41, 5.74) is 0.133. The first-order chi connectivity index (χ1) is 13.9. The summed E-state index contributed by atoms with van der Waals surface area (Å²) in [6.45, 7) is 5.71. The highest BCUT2D eigenvalue weighted by atomic mass is 16.8. The van der Waals surface area contributed by atoms with Gasteiger partial charge in [0, 0.05) is 6.20 Å². The predicted octanol–water partition coefficient (Wildman–Crippen LogP) is 3.89. The van der Waals surface area contributed by atoms with E-state index in [9.17, 15) is 4.79 Å². The molecule has 2 aliphatic rings. The van der Waals surface area contributed by atoms with Crippen LogP contribution in [-0.4, -0.2) is 38.8 Å². The summed E-state index contributed by atoms with van der Waals surface area (Å²) in [5, 5.41) is 0.811. The molecule has 1 aliphatic carbocycles. The smallest absolute Gasteiger partial charge is 0.231 e. The molecule has 7 nitrogen and oxygen atoms in total. The van der Waals surface area contributed by atoms with Crippen LogP contribution >= 0.6 is 0 Å². The first kappa shape index (κ1) is 18.3. The van der Waals surface area contributed by atoms with Gasteiger partial charge in [-0.15, -0.1) is 0 Å². The number of para-hydroxylation sites is 1. The molecule has 0 N–H and O–H groups in total. The molecule has 3 aromatic rings. The Morgan fingerprint density at radius 3 is 2.69 bits per heavy atom. The highest BCUT2D eigenvalue weighted by Gasteiger charge is 2.60. The van der Waals surface area contributed by atoms with Crippen molar-refractivity contribution in [1.82, 2.24) is 14.5 Å². The molecule has 5 rings (SSSR count). The van der Waals surface area contributed by atoms with Crippen LogP contribution in [0.1, 0.15) is 33.2 Å². The maximum atomic E-state index is 11.9. The molecule has 1 saturated carbocycles. The summed E-state index contributed by atoms with van der Waals surface area (Å²) in [5.74, 6) is 0.484. The van der Waals surface area contributed by atoms with Crippen LogP contribution < -0.4 is 4.74 Å². The third-order valence-corrected chi connectivity index (χ3v) is 5.86. The Hall–Kier alpha value is -2.77. The highest BCUT2D eigenvalue weighted by molar-refractivity contribution is 5.81. The molecule has 0 bridgehead atoms. The number of carbonyl (C=O) groups is 1. The normalized spacial score (nSPS) is 30.4. The van der Waals surface area contributed by atoms with Crippen LogP contribution in [0.4, 0.5) is 0 Å². The fraction of sp³-hybridized carbons (Fsp3) is 0.409. The molecule has 2 aromatic heterocycles. The second-order valence-electron chi connectivity index (χ2n) is 8.47. The lowest BCUT2D eigenvalue weighted by Gasteiger charge is -2.27. The van der Waals surface area contributed by atoms with Crippen molar-refractivity contribution in [3.8, 4) is 11.6 Å². The third kappa shape index (κ3) is 2.92. The van der Waals surface area contributed by atoms with Gasteiger partial charge in [0.15, 0.2) is 5.79 Å². The van der Waals surface area contributed by atoms with Crippen molar-refractivity contribution in [2.45, 2.75) is 51.2 Å². The van der Waals surface area contributed by atoms with E-state index in [1.54, 1.807) is 0 Å². The first-order valence-corrected chi connectivity index (χ1v) is 9.77. The quantitative estimate of drug-likeness (QED) is 0.626. The van der Waals surface area contributed by atoms with E-state index in [4.69, 9.17) is 14.2 Å². The van der Waals surface area contributed by atoms with Crippen LogP contribution in [0.2, 0.25) is 0 Å². The summed E-state index contributed by atoms with van der Waals surface area (Å²) in [4.78, 5) is 20.7. The topological polar surface area (TPSA) is 75.5 Å². The molecular formula is C22H23N3O4. The zero-order valence-electron chi connectivity index (χ0n) is 16.6. The molecule has 7 heteroatoms. The monoisotopic (exact) mass is 393 g/mol. The molecule has 2 fully saturated rings. The summed E-state index contributed by atoms with van der Waals surface area (Å²) in [7, 11) is 0. The number of ether oxygens (including phenoxy) is 3. The van der Waals surface area contributed by atoms with Crippen molar-refractivity contribution < 1.29 is 19.0 Å². The second-order valence-corrected chi connectivity index (χ2v) is 8.47. The van der Waals surface area contributed by atoms with Gasteiger partial charge in [-0.1, -0.05) is 25.1 Å². The van der Waals surface area contributed by atoms with Crippen LogP contribution in [0.15, 0.2) is 48.9 Å². The molecule has 0 spiro atoms. The van der Waals surface area contributed by atoms with Gasteiger partial charge in [0.05, 0.1) is 16.8 Å². The van der Waals surface area contributed by atoms with E-state index in [1.165, 1.54) is 6.33 Å². The van der Waals surface area contributed by atoms with Gasteiger partial charge in [0.1, 0.15) is 36.2 Å². The van der Waals surface area contributed by atoms with E-state index in [0.717, 1.165) is 17.3 Å². The Labute approximate surface area is 168 Å². The van der Waals surface area contributed by atoms with Crippen LogP contribution in [0.5, 0.6) is 11.6 Å². The van der Waals surface area contributed by atoms with Crippen molar-refractivity contribution in [3.63, 3.8) is 0 Å². The van der Waals surface area contributed by atoms with E-state index >= 15 is 0 Å². The molecule has 0 radical (unpaired) electrons. The lowest BCUT2D eigenvalue weighted by atomic mass is 9.88. The Morgan fingerprint density at radius 2 is 1.93 bits per heavy atom. The highest BCUT2D eigenvalue weighted by Crippen LogP contribution is 2.52. The molecule has 1 saturated heterocycles. The van der Waals surface area contributed by atoms with E-state index in [2.05, 4.69) is 14.5 Å². The number of rotatable bonds is 4. The summed E-state index contributed by atoms with van der Waals surface area (Å²) < 4.78 is 20.3. The van der Waals surface area contributed by atoms with Crippen LogP contribution in [0.25, 0.3) is 11.0 Å². The summed E-state index contributed by atoms with van der Waals surface area (Å²) >= 11 is 0. The number of aldehydes is 1. The number of fused-ring (bicyclic) bond motifs is 2. The van der Waals surface area contributed by atoms with Gasteiger partial charge in [0.25, 0.3) is 0 Å².